The van der Waals surface area contributed by atoms with E-state index in [2.05, 4.69) is 15.4 Å². The lowest BCUT2D eigenvalue weighted by atomic mass is 10.1. The van der Waals surface area contributed by atoms with Gasteiger partial charge in [0.15, 0.2) is 0 Å². The molecule has 7 nitrogen and oxygen atoms in total. The van der Waals surface area contributed by atoms with E-state index in [9.17, 15) is 10.1 Å². The molecule has 2 aromatic heterocycles. The van der Waals surface area contributed by atoms with Crippen LogP contribution < -0.4 is 5.32 Å². The average molecular weight is 309 g/mol. The minimum absolute atomic E-state index is 0.0260. The number of pyridine rings is 1. The summed E-state index contributed by atoms with van der Waals surface area (Å²) >= 11 is 0. The second kappa shape index (κ2) is 6.27. The zero-order valence-corrected chi connectivity index (χ0v) is 12.5. The fourth-order valence-corrected chi connectivity index (χ4v) is 2.29. The van der Waals surface area contributed by atoms with Crippen molar-refractivity contribution in [1.82, 2.24) is 14.8 Å². The molecule has 23 heavy (non-hydrogen) atoms. The molecule has 0 atom stereocenters. The quantitative estimate of drug-likeness (QED) is 0.578. The summed E-state index contributed by atoms with van der Waals surface area (Å²) in [6.45, 7) is 0.531. The lowest BCUT2D eigenvalue weighted by Gasteiger charge is -2.05. The molecule has 3 aromatic rings. The van der Waals surface area contributed by atoms with Crippen LogP contribution in [0.15, 0.2) is 54.9 Å². The van der Waals surface area contributed by atoms with Crippen molar-refractivity contribution in [2.45, 2.75) is 6.54 Å². The number of hydrogen-bond donors (Lipinski definition) is 1. The van der Waals surface area contributed by atoms with Crippen LogP contribution in [-0.4, -0.2) is 19.7 Å². The molecule has 0 radical (unpaired) electrons. The van der Waals surface area contributed by atoms with Gasteiger partial charge in [0.05, 0.1) is 10.6 Å². The predicted molar refractivity (Wildman–Crippen MR) is 86.9 cm³/mol. The maximum absolute atomic E-state index is 10.6. The average Bonchev–Trinajstić information content (AvgIpc) is 2.95. The standard InChI is InChI=1S/C16H15N5O2/c1-20-11-13(16(19-20)12-5-3-2-4-6-12)9-17-15-8-7-14(10-18-15)21(22)23/h2-8,10-11H,9H2,1H3,(H,17,18). The van der Waals surface area contributed by atoms with Crippen LogP contribution in [0.5, 0.6) is 0 Å². The zero-order chi connectivity index (χ0) is 16.2. The van der Waals surface area contributed by atoms with Crippen molar-refractivity contribution < 1.29 is 4.92 Å². The van der Waals surface area contributed by atoms with Gasteiger partial charge in [0.2, 0.25) is 0 Å². The van der Waals surface area contributed by atoms with Crippen molar-refractivity contribution in [3.8, 4) is 11.3 Å². The molecule has 116 valence electrons. The van der Waals surface area contributed by atoms with Crippen LogP contribution in [0.3, 0.4) is 0 Å². The van der Waals surface area contributed by atoms with Crippen molar-refractivity contribution in [2.24, 2.45) is 7.05 Å². The van der Waals surface area contributed by atoms with Crippen LogP contribution in [0, 0.1) is 10.1 Å². The molecule has 7 heteroatoms. The van der Waals surface area contributed by atoms with E-state index >= 15 is 0 Å². The third-order valence-corrected chi connectivity index (χ3v) is 3.37. The molecule has 0 amide bonds. The molecule has 0 aliphatic heterocycles. The summed E-state index contributed by atoms with van der Waals surface area (Å²) in [6.07, 6.45) is 3.18. The van der Waals surface area contributed by atoms with E-state index in [0.717, 1.165) is 16.8 Å². The van der Waals surface area contributed by atoms with E-state index in [1.165, 1.54) is 12.3 Å². The molecule has 0 unspecified atom stereocenters. The lowest BCUT2D eigenvalue weighted by Crippen LogP contribution is -2.02. The number of benzene rings is 1. The molecule has 0 bridgehead atoms. The summed E-state index contributed by atoms with van der Waals surface area (Å²) in [7, 11) is 1.88. The highest BCUT2D eigenvalue weighted by Gasteiger charge is 2.10. The number of hydrogen-bond acceptors (Lipinski definition) is 5. The van der Waals surface area contributed by atoms with Gasteiger partial charge in [-0.05, 0) is 6.07 Å². The van der Waals surface area contributed by atoms with Crippen molar-refractivity contribution >= 4 is 11.5 Å². The second-order valence-electron chi connectivity index (χ2n) is 5.05. The van der Waals surface area contributed by atoms with Crippen molar-refractivity contribution in [3.63, 3.8) is 0 Å². The lowest BCUT2D eigenvalue weighted by molar-refractivity contribution is -0.385. The van der Waals surface area contributed by atoms with Gasteiger partial charge in [0, 0.05) is 37.0 Å². The van der Waals surface area contributed by atoms with Gasteiger partial charge in [0.1, 0.15) is 12.0 Å². The number of nitro groups is 1. The molecule has 0 spiro atoms. The monoisotopic (exact) mass is 309 g/mol. The highest BCUT2D eigenvalue weighted by Crippen LogP contribution is 2.22. The summed E-state index contributed by atoms with van der Waals surface area (Å²) in [5, 5.41) is 18.3. The summed E-state index contributed by atoms with van der Waals surface area (Å²) in [5.41, 5.74) is 2.95. The Morgan fingerprint density at radius 2 is 2.00 bits per heavy atom. The topological polar surface area (TPSA) is 85.9 Å². The largest absolute Gasteiger partial charge is 0.366 e. The Kier molecular flexibility index (Phi) is 4.01. The van der Waals surface area contributed by atoms with Gasteiger partial charge in [-0.25, -0.2) is 4.98 Å². The minimum atomic E-state index is -0.467. The third kappa shape index (κ3) is 3.34. The van der Waals surface area contributed by atoms with Crippen LogP contribution in [0.25, 0.3) is 11.3 Å². The first-order valence-electron chi connectivity index (χ1n) is 7.06. The number of rotatable bonds is 5. The SMILES string of the molecule is Cn1cc(CNc2ccc([N+](=O)[O-])cn2)c(-c2ccccc2)n1. The van der Waals surface area contributed by atoms with E-state index in [1.807, 2.05) is 43.6 Å². The molecular weight excluding hydrogens is 294 g/mol. The van der Waals surface area contributed by atoms with Crippen LogP contribution >= 0.6 is 0 Å². The summed E-state index contributed by atoms with van der Waals surface area (Å²) in [5.74, 6) is 0.582. The van der Waals surface area contributed by atoms with E-state index in [4.69, 9.17) is 0 Å². The highest BCUT2D eigenvalue weighted by molar-refractivity contribution is 5.63. The molecular formula is C16H15N5O2. The van der Waals surface area contributed by atoms with Gasteiger partial charge < -0.3 is 5.32 Å². The second-order valence-corrected chi connectivity index (χ2v) is 5.05. The van der Waals surface area contributed by atoms with Gasteiger partial charge >= 0.3 is 0 Å². The fourth-order valence-electron chi connectivity index (χ4n) is 2.29. The number of nitrogens with one attached hydrogen (secondary N) is 1. The molecule has 0 saturated heterocycles. The number of anilines is 1. The molecule has 0 aliphatic carbocycles. The first-order chi connectivity index (χ1) is 11.1. The van der Waals surface area contributed by atoms with Crippen LogP contribution in [0.1, 0.15) is 5.56 Å². The molecule has 2 heterocycles. The van der Waals surface area contributed by atoms with Gasteiger partial charge in [-0.3, -0.25) is 14.8 Å². The Bertz CT molecular complexity index is 812. The summed E-state index contributed by atoms with van der Waals surface area (Å²) in [4.78, 5) is 14.2. The smallest absolute Gasteiger partial charge is 0.287 e. The van der Waals surface area contributed by atoms with Gasteiger partial charge in [-0.15, -0.1) is 0 Å². The maximum Gasteiger partial charge on any atom is 0.287 e. The van der Waals surface area contributed by atoms with Crippen molar-refractivity contribution in [2.75, 3.05) is 5.32 Å². The van der Waals surface area contributed by atoms with Crippen LogP contribution in [-0.2, 0) is 13.6 Å². The van der Waals surface area contributed by atoms with E-state index in [1.54, 1.807) is 10.7 Å². The molecule has 0 aliphatic rings. The van der Waals surface area contributed by atoms with Crippen molar-refractivity contribution in [1.29, 1.82) is 0 Å². The normalized spacial score (nSPS) is 10.5. The first kappa shape index (κ1) is 14.7. The maximum atomic E-state index is 10.6. The predicted octanol–water partition coefficient (Wildman–Crippen LogP) is 3.00. The van der Waals surface area contributed by atoms with Crippen LogP contribution in [0.2, 0.25) is 0 Å². The molecule has 1 N–H and O–H groups in total. The Morgan fingerprint density at radius 3 is 2.65 bits per heavy atom. The minimum Gasteiger partial charge on any atom is -0.366 e. The van der Waals surface area contributed by atoms with Gasteiger partial charge in [-0.1, -0.05) is 30.3 Å². The Balaban J connectivity index is 1.77. The Hall–Kier alpha value is -3.22. The fraction of sp³-hybridized carbons (Fsp3) is 0.125. The van der Waals surface area contributed by atoms with Crippen LogP contribution in [0.4, 0.5) is 11.5 Å². The Labute approximate surface area is 132 Å². The van der Waals surface area contributed by atoms with Crippen molar-refractivity contribution in [3.05, 3.63) is 70.5 Å². The van der Waals surface area contributed by atoms with Gasteiger partial charge in [0.25, 0.3) is 5.69 Å². The van der Waals surface area contributed by atoms with E-state index in [0.29, 0.717) is 12.4 Å². The molecule has 1 aromatic carbocycles. The van der Waals surface area contributed by atoms with E-state index in [-0.39, 0.29) is 5.69 Å². The Morgan fingerprint density at radius 1 is 1.22 bits per heavy atom. The van der Waals surface area contributed by atoms with Gasteiger partial charge in [-0.2, -0.15) is 5.10 Å². The number of aromatic nitrogens is 3. The summed E-state index contributed by atoms with van der Waals surface area (Å²) < 4.78 is 1.77. The highest BCUT2D eigenvalue weighted by atomic mass is 16.6. The number of aryl methyl sites for hydroxylation is 1. The molecule has 3 rings (SSSR count). The zero-order valence-electron chi connectivity index (χ0n) is 12.5. The first-order valence-corrected chi connectivity index (χ1v) is 7.06. The third-order valence-electron chi connectivity index (χ3n) is 3.37. The molecule has 0 fully saturated rings. The number of nitrogens with zero attached hydrogens (tertiary/aromatic N) is 4. The molecule has 0 saturated carbocycles. The summed E-state index contributed by atoms with van der Waals surface area (Å²) in [6, 6.07) is 12.9. The van der Waals surface area contributed by atoms with E-state index < -0.39 is 4.92 Å².